The van der Waals surface area contributed by atoms with Crippen molar-refractivity contribution in [3.05, 3.63) is 52.4 Å². The van der Waals surface area contributed by atoms with Crippen LogP contribution in [0.1, 0.15) is 71.3 Å². The molecule has 1 N–H and O–H groups in total. The zero-order valence-electron chi connectivity index (χ0n) is 22.1. The number of benzene rings is 1. The van der Waals surface area contributed by atoms with Gasteiger partial charge in [0.25, 0.3) is 0 Å². The second-order valence-corrected chi connectivity index (χ2v) is 10.1. The van der Waals surface area contributed by atoms with E-state index in [1.807, 2.05) is 38.1 Å². The third kappa shape index (κ3) is 4.80. The molecule has 0 amide bonds. The van der Waals surface area contributed by atoms with Gasteiger partial charge in [0, 0.05) is 41.7 Å². The molecule has 194 valence electrons. The van der Waals surface area contributed by atoms with Crippen molar-refractivity contribution in [2.24, 2.45) is 11.8 Å². The number of carbonyl (C=O) groups is 3. The standard InChI is InChI=1S/C29H38N2O5/c1-6-31(7-2)20-14-12-19(13-15-20)25-24(29(34)36-21-10-8-9-11-21)18(4)30-22-16-17(3)23(28(33)35-5)27(32)26(22)25/h12-15,17,21,23,25,30H,6-11,16H2,1-5H3/t17-,23+,25+/m0/s1. The first-order chi connectivity index (χ1) is 17.3. The highest BCUT2D eigenvalue weighted by Crippen LogP contribution is 2.46. The lowest BCUT2D eigenvalue weighted by Crippen LogP contribution is -2.43. The van der Waals surface area contributed by atoms with Crippen LogP contribution in [-0.4, -0.2) is 44.0 Å². The van der Waals surface area contributed by atoms with Crippen molar-refractivity contribution in [1.82, 2.24) is 5.32 Å². The number of Topliss-reactive ketones (excluding diaryl/α,β-unsaturated/α-hetero) is 1. The van der Waals surface area contributed by atoms with E-state index in [0.29, 0.717) is 23.3 Å². The Morgan fingerprint density at radius 2 is 1.72 bits per heavy atom. The molecule has 0 spiro atoms. The van der Waals surface area contributed by atoms with Crippen LogP contribution >= 0.6 is 0 Å². The summed E-state index contributed by atoms with van der Waals surface area (Å²) in [5, 5.41) is 3.34. The van der Waals surface area contributed by atoms with Crippen LogP contribution in [0, 0.1) is 11.8 Å². The van der Waals surface area contributed by atoms with Gasteiger partial charge in [0.1, 0.15) is 12.0 Å². The Balaban J connectivity index is 1.79. The Hall–Kier alpha value is -3.09. The van der Waals surface area contributed by atoms with Gasteiger partial charge in [0.05, 0.1) is 12.7 Å². The quantitative estimate of drug-likeness (QED) is 0.437. The number of allylic oxidation sites excluding steroid dienone is 3. The zero-order chi connectivity index (χ0) is 26.0. The van der Waals surface area contributed by atoms with Gasteiger partial charge in [0.2, 0.25) is 0 Å². The first-order valence-corrected chi connectivity index (χ1v) is 13.2. The van der Waals surface area contributed by atoms with Gasteiger partial charge in [-0.25, -0.2) is 4.79 Å². The van der Waals surface area contributed by atoms with Gasteiger partial charge in [-0.3, -0.25) is 9.59 Å². The van der Waals surface area contributed by atoms with E-state index in [-0.39, 0.29) is 17.8 Å². The highest BCUT2D eigenvalue weighted by atomic mass is 16.5. The summed E-state index contributed by atoms with van der Waals surface area (Å²) in [4.78, 5) is 42.3. The number of nitrogens with one attached hydrogen (secondary N) is 1. The molecular formula is C29H38N2O5. The number of hydrogen-bond acceptors (Lipinski definition) is 7. The molecule has 36 heavy (non-hydrogen) atoms. The minimum absolute atomic E-state index is 0.0937. The summed E-state index contributed by atoms with van der Waals surface area (Å²) in [5.41, 5.74) is 4.32. The first-order valence-electron chi connectivity index (χ1n) is 13.2. The van der Waals surface area contributed by atoms with Crippen LogP contribution < -0.4 is 10.2 Å². The van der Waals surface area contributed by atoms with E-state index in [1.54, 1.807) is 0 Å². The molecule has 0 radical (unpaired) electrons. The Morgan fingerprint density at radius 1 is 1.08 bits per heavy atom. The lowest BCUT2D eigenvalue weighted by Gasteiger charge is -2.38. The molecule has 1 aromatic rings. The number of rotatable bonds is 7. The van der Waals surface area contributed by atoms with Gasteiger partial charge < -0.3 is 19.7 Å². The number of carbonyl (C=O) groups excluding carboxylic acids is 3. The van der Waals surface area contributed by atoms with E-state index in [2.05, 4.69) is 24.1 Å². The van der Waals surface area contributed by atoms with Gasteiger partial charge in [0.15, 0.2) is 5.78 Å². The third-order valence-corrected chi connectivity index (χ3v) is 7.89. The topological polar surface area (TPSA) is 84.9 Å². The highest BCUT2D eigenvalue weighted by molar-refractivity contribution is 6.12. The Bertz CT molecular complexity index is 1080. The maximum atomic E-state index is 13.9. The number of ether oxygens (including phenoxy) is 2. The predicted octanol–water partition coefficient (Wildman–Crippen LogP) is 4.63. The molecular weight excluding hydrogens is 456 g/mol. The molecule has 1 aliphatic heterocycles. The molecule has 7 heteroatoms. The Labute approximate surface area is 213 Å². The summed E-state index contributed by atoms with van der Waals surface area (Å²) in [6.45, 7) is 9.75. The minimum Gasteiger partial charge on any atom is -0.468 e. The zero-order valence-corrected chi connectivity index (χ0v) is 22.1. The summed E-state index contributed by atoms with van der Waals surface area (Å²) >= 11 is 0. The summed E-state index contributed by atoms with van der Waals surface area (Å²) in [5.74, 6) is -2.90. The van der Waals surface area contributed by atoms with Crippen molar-refractivity contribution < 1.29 is 23.9 Å². The van der Waals surface area contributed by atoms with Gasteiger partial charge >= 0.3 is 11.9 Å². The predicted molar refractivity (Wildman–Crippen MR) is 138 cm³/mol. The smallest absolute Gasteiger partial charge is 0.337 e. The maximum Gasteiger partial charge on any atom is 0.337 e. The monoisotopic (exact) mass is 494 g/mol. The second-order valence-electron chi connectivity index (χ2n) is 10.1. The molecule has 1 aromatic carbocycles. The fourth-order valence-corrected chi connectivity index (χ4v) is 5.97. The van der Waals surface area contributed by atoms with Crippen molar-refractivity contribution in [3.8, 4) is 0 Å². The average Bonchev–Trinajstić information content (AvgIpc) is 3.37. The van der Waals surface area contributed by atoms with Gasteiger partial charge in [-0.15, -0.1) is 0 Å². The van der Waals surface area contributed by atoms with Crippen LogP contribution in [-0.2, 0) is 23.9 Å². The van der Waals surface area contributed by atoms with E-state index < -0.39 is 23.8 Å². The summed E-state index contributed by atoms with van der Waals surface area (Å²) < 4.78 is 10.9. The summed E-state index contributed by atoms with van der Waals surface area (Å²) in [6, 6.07) is 8.05. The number of nitrogens with zero attached hydrogens (tertiary/aromatic N) is 1. The molecule has 0 aromatic heterocycles. The van der Waals surface area contributed by atoms with E-state index in [1.165, 1.54) is 7.11 Å². The molecule has 4 rings (SSSR count). The van der Waals surface area contributed by atoms with Crippen LogP contribution in [0.25, 0.3) is 0 Å². The van der Waals surface area contributed by atoms with Crippen LogP contribution in [0.2, 0.25) is 0 Å². The molecule has 1 saturated carbocycles. The molecule has 0 saturated heterocycles. The number of esters is 2. The van der Waals surface area contributed by atoms with Crippen LogP contribution in [0.4, 0.5) is 5.69 Å². The van der Waals surface area contributed by atoms with Crippen LogP contribution in [0.3, 0.4) is 0 Å². The molecule has 2 aliphatic carbocycles. The fraction of sp³-hybridized carbons (Fsp3) is 0.552. The molecule has 3 atom stereocenters. The van der Waals surface area contributed by atoms with E-state index >= 15 is 0 Å². The van der Waals surface area contributed by atoms with Crippen molar-refractivity contribution in [3.63, 3.8) is 0 Å². The molecule has 0 bridgehead atoms. The molecule has 1 heterocycles. The number of hydrogen-bond donors (Lipinski definition) is 1. The van der Waals surface area contributed by atoms with Crippen molar-refractivity contribution in [2.75, 3.05) is 25.1 Å². The van der Waals surface area contributed by atoms with Crippen molar-refractivity contribution in [1.29, 1.82) is 0 Å². The van der Waals surface area contributed by atoms with E-state index in [4.69, 9.17) is 9.47 Å². The molecule has 1 fully saturated rings. The van der Waals surface area contributed by atoms with Gasteiger partial charge in [-0.1, -0.05) is 19.1 Å². The average molecular weight is 495 g/mol. The lowest BCUT2D eigenvalue weighted by atomic mass is 9.69. The maximum absolute atomic E-state index is 13.9. The Morgan fingerprint density at radius 3 is 2.31 bits per heavy atom. The SMILES string of the molecule is CCN(CC)c1ccc([C@@H]2C(C(=O)OC3CCCC3)=C(C)NC3=C2C(=O)[C@H](C(=O)OC)[C@@H](C)C3)cc1. The van der Waals surface area contributed by atoms with Crippen molar-refractivity contribution >= 4 is 23.4 Å². The molecule has 0 unspecified atom stereocenters. The van der Waals surface area contributed by atoms with Gasteiger partial charge in [-0.05, 0) is 76.5 Å². The van der Waals surface area contributed by atoms with Crippen LogP contribution in [0.5, 0.6) is 0 Å². The minimum atomic E-state index is -0.890. The number of dihydropyridines is 1. The summed E-state index contributed by atoms with van der Waals surface area (Å²) in [6.07, 6.45) is 4.27. The first kappa shape index (κ1) is 26.0. The second kappa shape index (κ2) is 10.9. The number of ketones is 1. The van der Waals surface area contributed by atoms with Crippen molar-refractivity contribution in [2.45, 2.75) is 71.8 Å². The molecule has 3 aliphatic rings. The lowest BCUT2D eigenvalue weighted by molar-refractivity contribution is -0.151. The highest BCUT2D eigenvalue weighted by Gasteiger charge is 2.47. The third-order valence-electron chi connectivity index (χ3n) is 7.89. The van der Waals surface area contributed by atoms with E-state index in [9.17, 15) is 14.4 Å². The normalized spacial score (nSPS) is 24.4. The van der Waals surface area contributed by atoms with E-state index in [0.717, 1.165) is 55.7 Å². The number of anilines is 1. The summed E-state index contributed by atoms with van der Waals surface area (Å²) in [7, 11) is 1.31. The largest absolute Gasteiger partial charge is 0.468 e. The Kier molecular flexibility index (Phi) is 7.86. The fourth-order valence-electron chi connectivity index (χ4n) is 5.97. The number of methoxy groups -OCH3 is 1. The van der Waals surface area contributed by atoms with Crippen LogP contribution in [0.15, 0.2) is 46.8 Å². The van der Waals surface area contributed by atoms with Gasteiger partial charge in [-0.2, -0.15) is 0 Å². The molecule has 7 nitrogen and oxygen atoms in total.